The molecule has 0 aromatic heterocycles. The quantitative estimate of drug-likeness (QED) is 0.212. The molecule has 0 bridgehead atoms. The summed E-state index contributed by atoms with van der Waals surface area (Å²) in [5.74, 6) is 0. The molecule has 0 fully saturated rings. The van der Waals surface area contributed by atoms with Crippen molar-refractivity contribution < 1.29 is 0 Å². The van der Waals surface area contributed by atoms with Crippen LogP contribution in [0, 0.1) is 13.8 Å². The lowest BCUT2D eigenvalue weighted by Gasteiger charge is -2.19. The summed E-state index contributed by atoms with van der Waals surface area (Å²) in [6.07, 6.45) is 13.5. The number of rotatable bonds is 4. The highest BCUT2D eigenvalue weighted by molar-refractivity contribution is 5.76. The van der Waals surface area contributed by atoms with Crippen molar-refractivity contribution in [2.24, 2.45) is 0 Å². The van der Waals surface area contributed by atoms with Crippen molar-refractivity contribution in [1.82, 2.24) is 0 Å². The maximum absolute atomic E-state index is 2.35. The van der Waals surface area contributed by atoms with E-state index in [4.69, 9.17) is 0 Å². The molecule has 5 aromatic carbocycles. The fourth-order valence-corrected chi connectivity index (χ4v) is 6.07. The van der Waals surface area contributed by atoms with Crippen molar-refractivity contribution in [3.8, 4) is 22.3 Å². The van der Waals surface area contributed by atoms with Crippen molar-refractivity contribution in [1.29, 1.82) is 0 Å². The van der Waals surface area contributed by atoms with Gasteiger partial charge in [0.2, 0.25) is 0 Å². The number of hydrogen-bond donors (Lipinski definition) is 0. The van der Waals surface area contributed by atoms with Crippen molar-refractivity contribution in [3.63, 3.8) is 0 Å². The molecule has 2 aliphatic rings. The van der Waals surface area contributed by atoms with Gasteiger partial charge in [-0.15, -0.1) is 0 Å². The molecule has 0 saturated carbocycles. The molecule has 7 rings (SSSR count). The van der Waals surface area contributed by atoms with Gasteiger partial charge in [0.15, 0.2) is 0 Å². The van der Waals surface area contributed by atoms with E-state index in [0.29, 0.717) is 0 Å². The van der Waals surface area contributed by atoms with Gasteiger partial charge in [-0.25, -0.2) is 0 Å². The predicted octanol–water partition coefficient (Wildman–Crippen LogP) is 10.9. The standard InChI is InChI=1S/C28H26.C14H12/c1-21-14-17-25(18-15-21)24-11-7-9-23(16-19-24)20-26-10-4-6-13-28(26)27-12-5-3-8-22(27)2;1-3-7-13-11(5-1)9-10-12-6-2-4-8-14(12)13/h3-6,8-19H,7,20H2,1-2H3;1-8H,9-10H2. The van der Waals surface area contributed by atoms with E-state index in [9.17, 15) is 0 Å². The summed E-state index contributed by atoms with van der Waals surface area (Å²) < 4.78 is 0. The Morgan fingerprint density at radius 3 is 1.74 bits per heavy atom. The van der Waals surface area contributed by atoms with Gasteiger partial charge in [-0.2, -0.15) is 0 Å². The number of fused-ring (bicyclic) bond motifs is 3. The second-order valence-electron chi connectivity index (χ2n) is 11.3. The van der Waals surface area contributed by atoms with Crippen molar-refractivity contribution in [3.05, 3.63) is 185 Å². The van der Waals surface area contributed by atoms with Gasteiger partial charge in [0.05, 0.1) is 0 Å². The molecule has 2 aliphatic carbocycles. The molecule has 0 heteroatoms. The van der Waals surface area contributed by atoms with Crippen LogP contribution in [-0.2, 0) is 19.3 Å². The summed E-state index contributed by atoms with van der Waals surface area (Å²) in [6, 6.07) is 43.7. The second kappa shape index (κ2) is 12.9. The molecule has 0 spiro atoms. The molecule has 0 N–H and O–H groups in total. The molecule has 0 nitrogen and oxygen atoms in total. The van der Waals surface area contributed by atoms with Gasteiger partial charge in [0.25, 0.3) is 0 Å². The van der Waals surface area contributed by atoms with Gasteiger partial charge >= 0.3 is 0 Å². The lowest BCUT2D eigenvalue weighted by molar-refractivity contribution is 0.942. The molecule has 0 radical (unpaired) electrons. The zero-order valence-corrected chi connectivity index (χ0v) is 24.7. The van der Waals surface area contributed by atoms with E-state index < -0.39 is 0 Å². The minimum absolute atomic E-state index is 0.954. The van der Waals surface area contributed by atoms with E-state index in [-0.39, 0.29) is 0 Å². The molecule has 206 valence electrons. The van der Waals surface area contributed by atoms with Crippen LogP contribution in [0.3, 0.4) is 0 Å². The maximum Gasteiger partial charge on any atom is -0.00227 e. The number of benzene rings is 5. The average molecular weight is 543 g/mol. The van der Waals surface area contributed by atoms with Crippen molar-refractivity contribution in [2.75, 3.05) is 0 Å². The highest BCUT2D eigenvalue weighted by Crippen LogP contribution is 2.33. The van der Waals surface area contributed by atoms with Crippen LogP contribution in [0.4, 0.5) is 0 Å². The Hall–Kier alpha value is -4.68. The zero-order valence-electron chi connectivity index (χ0n) is 24.7. The number of allylic oxidation sites excluding steroid dienone is 6. The van der Waals surface area contributed by atoms with Crippen LogP contribution in [0.1, 0.15) is 39.8 Å². The Morgan fingerprint density at radius 2 is 1.07 bits per heavy atom. The molecule has 42 heavy (non-hydrogen) atoms. The molecular formula is C42H38. The molecule has 0 saturated heterocycles. The molecule has 0 amide bonds. The largest absolute Gasteiger partial charge is 0.0772 e. The molecule has 0 aliphatic heterocycles. The van der Waals surface area contributed by atoms with Crippen LogP contribution >= 0.6 is 0 Å². The van der Waals surface area contributed by atoms with Crippen LogP contribution in [0.2, 0.25) is 0 Å². The summed E-state index contributed by atoms with van der Waals surface area (Å²) in [7, 11) is 0. The first-order valence-corrected chi connectivity index (χ1v) is 15.1. The first kappa shape index (κ1) is 27.5. The fraction of sp³-hybridized carbons (Fsp3) is 0.143. The Bertz CT molecular complexity index is 1730. The van der Waals surface area contributed by atoms with E-state index >= 15 is 0 Å². The summed E-state index contributed by atoms with van der Waals surface area (Å²) in [5, 5.41) is 0. The molecule has 0 heterocycles. The van der Waals surface area contributed by atoms with Gasteiger partial charge < -0.3 is 0 Å². The third-order valence-electron chi connectivity index (χ3n) is 8.42. The van der Waals surface area contributed by atoms with Crippen molar-refractivity contribution in [2.45, 2.75) is 39.5 Å². The zero-order chi connectivity index (χ0) is 28.7. The minimum Gasteiger partial charge on any atom is -0.0772 e. The van der Waals surface area contributed by atoms with E-state index in [2.05, 4.69) is 159 Å². The van der Waals surface area contributed by atoms with Crippen LogP contribution in [0.15, 0.2) is 151 Å². The fourth-order valence-electron chi connectivity index (χ4n) is 6.07. The highest BCUT2D eigenvalue weighted by atomic mass is 14.2. The third-order valence-corrected chi connectivity index (χ3v) is 8.42. The lowest BCUT2D eigenvalue weighted by Crippen LogP contribution is -2.02. The molecule has 5 aromatic rings. The van der Waals surface area contributed by atoms with E-state index in [0.717, 1.165) is 12.8 Å². The Kier molecular flexibility index (Phi) is 8.43. The van der Waals surface area contributed by atoms with Crippen molar-refractivity contribution >= 4 is 5.57 Å². The number of hydrogen-bond acceptors (Lipinski definition) is 0. The second-order valence-corrected chi connectivity index (χ2v) is 11.3. The van der Waals surface area contributed by atoms with Crippen LogP contribution < -0.4 is 0 Å². The lowest BCUT2D eigenvalue weighted by atomic mass is 9.86. The Labute approximate surface area is 251 Å². The van der Waals surface area contributed by atoms with Crippen LogP contribution in [0.25, 0.3) is 27.8 Å². The first-order chi connectivity index (χ1) is 20.7. The van der Waals surface area contributed by atoms with Crippen LogP contribution in [0.5, 0.6) is 0 Å². The average Bonchev–Trinajstić information content (AvgIpc) is 3.28. The van der Waals surface area contributed by atoms with E-state index in [1.54, 1.807) is 0 Å². The van der Waals surface area contributed by atoms with Gasteiger partial charge in [0, 0.05) is 0 Å². The normalized spacial score (nSPS) is 13.5. The highest BCUT2D eigenvalue weighted by Gasteiger charge is 2.14. The third kappa shape index (κ3) is 6.29. The molecule has 0 unspecified atom stereocenters. The first-order valence-electron chi connectivity index (χ1n) is 15.1. The minimum atomic E-state index is 0.954. The number of aryl methyl sites for hydroxylation is 4. The Balaban J connectivity index is 0.000000187. The van der Waals surface area contributed by atoms with Gasteiger partial charge in [0.1, 0.15) is 0 Å². The van der Waals surface area contributed by atoms with Gasteiger partial charge in [-0.3, -0.25) is 0 Å². The SMILES string of the molecule is Cc1ccc(C2=CCC=C(Cc3ccccc3-c3ccccc3C)C=C2)cc1.c1ccc2c(c1)CCc1ccccc1-2. The topological polar surface area (TPSA) is 0 Å². The maximum atomic E-state index is 2.35. The molecule has 0 atom stereocenters. The van der Waals surface area contributed by atoms with Gasteiger partial charge in [-0.05, 0) is 101 Å². The smallest absolute Gasteiger partial charge is 0.00227 e. The summed E-state index contributed by atoms with van der Waals surface area (Å²) in [5.41, 5.74) is 16.5. The Morgan fingerprint density at radius 1 is 0.500 bits per heavy atom. The van der Waals surface area contributed by atoms with Crippen LogP contribution in [-0.4, -0.2) is 0 Å². The van der Waals surface area contributed by atoms with E-state index in [1.807, 2.05) is 0 Å². The van der Waals surface area contributed by atoms with Gasteiger partial charge in [-0.1, -0.05) is 151 Å². The monoisotopic (exact) mass is 542 g/mol. The summed E-state index contributed by atoms with van der Waals surface area (Å²) >= 11 is 0. The summed E-state index contributed by atoms with van der Waals surface area (Å²) in [4.78, 5) is 0. The predicted molar refractivity (Wildman–Crippen MR) is 181 cm³/mol. The molecular weight excluding hydrogens is 504 g/mol. The summed E-state index contributed by atoms with van der Waals surface area (Å²) in [6.45, 7) is 4.32. The van der Waals surface area contributed by atoms with E-state index in [1.165, 1.54) is 79.6 Å².